The fourth-order valence-electron chi connectivity index (χ4n) is 5.53. The molecule has 5 rings (SSSR count). The van der Waals surface area contributed by atoms with E-state index in [-0.39, 0.29) is 12.1 Å². The molecule has 1 aromatic heterocycles. The van der Waals surface area contributed by atoms with Gasteiger partial charge < -0.3 is 20.3 Å². The van der Waals surface area contributed by atoms with E-state index in [1.54, 1.807) is 0 Å². The quantitative estimate of drug-likeness (QED) is 0.582. The molecule has 2 aliphatic heterocycles. The Morgan fingerprint density at radius 2 is 1.86 bits per heavy atom. The molecule has 1 saturated carbocycles. The second-order valence-electron chi connectivity index (χ2n) is 10.2. The molecular formula is C29H39N5O2. The minimum Gasteiger partial charge on any atom is -0.378 e. The van der Waals surface area contributed by atoms with Gasteiger partial charge in [0.25, 0.3) is 0 Å². The van der Waals surface area contributed by atoms with Crippen LogP contribution < -0.4 is 15.5 Å². The summed E-state index contributed by atoms with van der Waals surface area (Å²) in [6.45, 7) is 7.45. The zero-order chi connectivity index (χ0) is 24.7. The van der Waals surface area contributed by atoms with Crippen LogP contribution in [0, 0.1) is 0 Å². The van der Waals surface area contributed by atoms with Crippen molar-refractivity contribution in [3.63, 3.8) is 0 Å². The Morgan fingerprint density at radius 3 is 2.64 bits per heavy atom. The number of benzene rings is 1. The first-order valence-electron chi connectivity index (χ1n) is 13.6. The first-order valence-corrected chi connectivity index (χ1v) is 13.6. The van der Waals surface area contributed by atoms with Gasteiger partial charge in [-0.15, -0.1) is 0 Å². The Hall–Kier alpha value is -2.90. The number of carbonyl (C=O) groups excluding carboxylic acids is 1. The predicted octanol–water partition coefficient (Wildman–Crippen LogP) is 5.22. The van der Waals surface area contributed by atoms with Crippen LogP contribution in [0.3, 0.4) is 0 Å². The number of ether oxygens (including phenoxy) is 1. The highest BCUT2D eigenvalue weighted by Gasteiger charge is 2.21. The molecule has 1 aliphatic carbocycles. The average molecular weight is 490 g/mol. The van der Waals surface area contributed by atoms with Crippen molar-refractivity contribution in [2.24, 2.45) is 0 Å². The lowest BCUT2D eigenvalue weighted by atomic mass is 9.96. The van der Waals surface area contributed by atoms with E-state index in [0.29, 0.717) is 6.04 Å². The van der Waals surface area contributed by atoms with Crippen molar-refractivity contribution in [1.29, 1.82) is 0 Å². The van der Waals surface area contributed by atoms with Crippen LogP contribution in [-0.2, 0) is 4.74 Å². The summed E-state index contributed by atoms with van der Waals surface area (Å²) in [6.07, 6.45) is 9.17. The highest BCUT2D eigenvalue weighted by molar-refractivity contribution is 5.89. The van der Waals surface area contributed by atoms with Crippen LogP contribution in [-0.4, -0.2) is 61.3 Å². The fraction of sp³-hybridized carbons (Fsp3) is 0.517. The van der Waals surface area contributed by atoms with E-state index < -0.39 is 0 Å². The lowest BCUT2D eigenvalue weighted by Gasteiger charge is -2.32. The first-order chi connectivity index (χ1) is 17.7. The number of amides is 2. The van der Waals surface area contributed by atoms with Crippen LogP contribution in [0.2, 0.25) is 0 Å². The van der Waals surface area contributed by atoms with E-state index >= 15 is 0 Å². The Morgan fingerprint density at radius 1 is 1.06 bits per heavy atom. The maximum atomic E-state index is 12.5. The number of urea groups is 1. The molecule has 0 spiro atoms. The third-order valence-electron chi connectivity index (χ3n) is 7.75. The van der Waals surface area contributed by atoms with E-state index in [0.717, 1.165) is 75.9 Å². The molecule has 3 aliphatic rings. The molecular weight excluding hydrogens is 450 g/mol. The van der Waals surface area contributed by atoms with Gasteiger partial charge in [0.2, 0.25) is 0 Å². The number of nitrogens with one attached hydrogen (secondary N) is 2. The summed E-state index contributed by atoms with van der Waals surface area (Å²) in [5.74, 6) is 1.05. The van der Waals surface area contributed by atoms with Crippen molar-refractivity contribution in [3.8, 4) is 0 Å². The third-order valence-corrected chi connectivity index (χ3v) is 7.75. The summed E-state index contributed by atoms with van der Waals surface area (Å²) in [6, 6.07) is 15.1. The van der Waals surface area contributed by atoms with Gasteiger partial charge in [0.15, 0.2) is 0 Å². The van der Waals surface area contributed by atoms with Gasteiger partial charge in [0, 0.05) is 44.0 Å². The molecule has 3 heterocycles. The Bertz CT molecular complexity index is 1060. The van der Waals surface area contributed by atoms with E-state index in [9.17, 15) is 4.79 Å². The standard InChI is InChI=1S/C29H39N5O2/c1-22(24-7-5-10-26(21-24)31-29(35)30-25-8-3-2-4-9-25)33-15-13-23(14-16-33)27-11-6-12-28(32-27)34-17-19-36-20-18-34/h5-7,10-13,21-22,25H,2-4,8-9,14-20H2,1H3,(H2,30,31,35). The molecule has 2 aromatic rings. The topological polar surface area (TPSA) is 69.7 Å². The smallest absolute Gasteiger partial charge is 0.319 e. The van der Waals surface area contributed by atoms with Crippen molar-refractivity contribution in [1.82, 2.24) is 15.2 Å². The van der Waals surface area contributed by atoms with Crippen molar-refractivity contribution < 1.29 is 9.53 Å². The van der Waals surface area contributed by atoms with Crippen molar-refractivity contribution in [2.45, 2.75) is 57.5 Å². The molecule has 2 fully saturated rings. The summed E-state index contributed by atoms with van der Waals surface area (Å²) >= 11 is 0. The highest BCUT2D eigenvalue weighted by atomic mass is 16.5. The third kappa shape index (κ3) is 6.26. The molecule has 192 valence electrons. The SMILES string of the molecule is CC(c1cccc(NC(=O)NC2CCCCC2)c1)N1CC=C(c2cccc(N3CCOCC3)n2)CC1. The fourth-order valence-corrected chi connectivity index (χ4v) is 5.53. The van der Waals surface area contributed by atoms with Gasteiger partial charge in [0.1, 0.15) is 5.82 Å². The summed E-state index contributed by atoms with van der Waals surface area (Å²) in [5, 5.41) is 6.19. The maximum Gasteiger partial charge on any atom is 0.319 e. The largest absolute Gasteiger partial charge is 0.378 e. The normalized spacial score (nSPS) is 20.5. The van der Waals surface area contributed by atoms with Gasteiger partial charge >= 0.3 is 6.03 Å². The zero-order valence-electron chi connectivity index (χ0n) is 21.4. The first kappa shape index (κ1) is 24.8. The lowest BCUT2D eigenvalue weighted by molar-refractivity contribution is 0.122. The van der Waals surface area contributed by atoms with Crippen LogP contribution in [0.4, 0.5) is 16.3 Å². The van der Waals surface area contributed by atoms with Gasteiger partial charge in [-0.2, -0.15) is 0 Å². The van der Waals surface area contributed by atoms with Crippen LogP contribution in [0.1, 0.15) is 62.7 Å². The Balaban J connectivity index is 1.18. The molecule has 1 unspecified atom stereocenters. The lowest BCUT2D eigenvalue weighted by Crippen LogP contribution is -2.39. The number of rotatable bonds is 6. The van der Waals surface area contributed by atoms with Crippen LogP contribution in [0.15, 0.2) is 48.5 Å². The number of pyridine rings is 1. The molecule has 2 amide bonds. The number of carbonyl (C=O) groups is 1. The monoisotopic (exact) mass is 489 g/mol. The van der Waals surface area contributed by atoms with Crippen LogP contribution in [0.25, 0.3) is 5.57 Å². The molecule has 0 radical (unpaired) electrons. The van der Waals surface area contributed by atoms with E-state index in [4.69, 9.17) is 9.72 Å². The Labute approximate surface area is 214 Å². The predicted molar refractivity (Wildman–Crippen MR) is 145 cm³/mol. The van der Waals surface area contributed by atoms with Crippen molar-refractivity contribution in [3.05, 3.63) is 59.8 Å². The van der Waals surface area contributed by atoms with Crippen LogP contribution in [0.5, 0.6) is 0 Å². The van der Waals surface area contributed by atoms with Gasteiger partial charge in [-0.3, -0.25) is 4.90 Å². The summed E-state index contributed by atoms with van der Waals surface area (Å²) in [4.78, 5) is 22.3. The molecule has 1 saturated heterocycles. The zero-order valence-corrected chi connectivity index (χ0v) is 21.4. The average Bonchev–Trinajstić information content (AvgIpc) is 2.94. The van der Waals surface area contributed by atoms with Crippen LogP contribution >= 0.6 is 0 Å². The number of morpholine rings is 1. The van der Waals surface area contributed by atoms with Gasteiger partial charge in [-0.25, -0.2) is 9.78 Å². The van der Waals surface area contributed by atoms with E-state index in [2.05, 4.69) is 63.8 Å². The summed E-state index contributed by atoms with van der Waals surface area (Å²) in [7, 11) is 0. The van der Waals surface area contributed by atoms with Gasteiger partial charge in [-0.05, 0) is 61.6 Å². The number of nitrogens with zero attached hydrogens (tertiary/aromatic N) is 3. The molecule has 7 nitrogen and oxygen atoms in total. The van der Waals surface area contributed by atoms with Gasteiger partial charge in [0.05, 0.1) is 18.9 Å². The van der Waals surface area contributed by atoms with Crippen molar-refractivity contribution >= 4 is 23.1 Å². The van der Waals surface area contributed by atoms with Gasteiger partial charge in [-0.1, -0.05) is 43.5 Å². The molecule has 7 heteroatoms. The molecule has 2 N–H and O–H groups in total. The number of anilines is 2. The Kier molecular flexibility index (Phi) is 8.18. The minimum atomic E-state index is -0.0935. The highest BCUT2D eigenvalue weighted by Crippen LogP contribution is 2.29. The van der Waals surface area contributed by atoms with E-state index in [1.807, 2.05) is 12.1 Å². The second-order valence-corrected chi connectivity index (χ2v) is 10.2. The summed E-state index contributed by atoms with van der Waals surface area (Å²) < 4.78 is 5.49. The minimum absolute atomic E-state index is 0.0935. The van der Waals surface area contributed by atoms with Crippen molar-refractivity contribution in [2.75, 3.05) is 49.6 Å². The number of hydrogen-bond donors (Lipinski definition) is 2. The molecule has 0 bridgehead atoms. The number of hydrogen-bond acceptors (Lipinski definition) is 5. The molecule has 1 aromatic carbocycles. The molecule has 1 atom stereocenters. The summed E-state index contributed by atoms with van der Waals surface area (Å²) in [5.41, 5.74) is 4.48. The maximum absolute atomic E-state index is 12.5. The second kappa shape index (κ2) is 11.9. The molecule has 36 heavy (non-hydrogen) atoms. The van der Waals surface area contributed by atoms with E-state index in [1.165, 1.54) is 30.4 Å². The number of aromatic nitrogens is 1.